The van der Waals surface area contributed by atoms with Gasteiger partial charge in [-0.05, 0) is 38.1 Å². The number of hydrogen-bond donors (Lipinski definition) is 0. The molecular formula is C23H22N4O3S. The minimum Gasteiger partial charge on any atom is -0.461 e. The number of hydrogen-bond acceptors (Lipinski definition) is 7. The van der Waals surface area contributed by atoms with Crippen LogP contribution in [0, 0.1) is 6.92 Å². The van der Waals surface area contributed by atoms with Gasteiger partial charge in [0.15, 0.2) is 5.13 Å². The number of esters is 1. The number of nitrogens with zero attached hydrogens (tertiary/aromatic N) is 4. The average molecular weight is 435 g/mol. The van der Waals surface area contributed by atoms with Gasteiger partial charge in [0.25, 0.3) is 5.91 Å². The van der Waals surface area contributed by atoms with Crippen molar-refractivity contribution in [2.45, 2.75) is 26.3 Å². The van der Waals surface area contributed by atoms with Gasteiger partial charge in [0.1, 0.15) is 11.8 Å². The van der Waals surface area contributed by atoms with Crippen LogP contribution in [0.4, 0.5) is 16.5 Å². The molecule has 0 radical (unpaired) electrons. The van der Waals surface area contributed by atoms with Crippen molar-refractivity contribution in [1.29, 1.82) is 0 Å². The van der Waals surface area contributed by atoms with E-state index in [9.17, 15) is 9.59 Å². The van der Waals surface area contributed by atoms with Gasteiger partial charge in [-0.2, -0.15) is 5.10 Å². The predicted molar refractivity (Wildman–Crippen MR) is 122 cm³/mol. The molecule has 1 amide bonds. The fourth-order valence-corrected chi connectivity index (χ4v) is 4.19. The molecule has 0 aliphatic carbocycles. The highest BCUT2D eigenvalue weighted by molar-refractivity contribution is 7.14. The molecule has 2 aromatic carbocycles. The molecule has 1 atom stereocenters. The van der Waals surface area contributed by atoms with Crippen LogP contribution >= 0.6 is 11.3 Å². The Morgan fingerprint density at radius 1 is 1.13 bits per heavy atom. The molecule has 158 valence electrons. The van der Waals surface area contributed by atoms with Crippen LogP contribution in [-0.4, -0.2) is 35.2 Å². The van der Waals surface area contributed by atoms with Gasteiger partial charge >= 0.3 is 5.97 Å². The summed E-state index contributed by atoms with van der Waals surface area (Å²) in [5.74, 6) is -0.720. The van der Waals surface area contributed by atoms with Gasteiger partial charge in [-0.15, -0.1) is 11.3 Å². The predicted octanol–water partition coefficient (Wildman–Crippen LogP) is 4.31. The van der Waals surface area contributed by atoms with E-state index in [1.165, 1.54) is 11.3 Å². The molecule has 2 heterocycles. The van der Waals surface area contributed by atoms with Crippen molar-refractivity contribution in [3.63, 3.8) is 0 Å². The first kappa shape index (κ1) is 20.7. The summed E-state index contributed by atoms with van der Waals surface area (Å²) in [6, 6.07) is 18.0. The maximum atomic E-state index is 13.9. The molecule has 1 aromatic heterocycles. The molecule has 3 aromatic rings. The van der Waals surface area contributed by atoms with Gasteiger partial charge in [-0.1, -0.05) is 36.4 Å². The Kier molecular flexibility index (Phi) is 6.08. The minimum atomic E-state index is -0.703. The number of carbonyl (C=O) groups excluding carboxylic acids is 2. The Balaban J connectivity index is 1.73. The molecular weight excluding hydrogens is 412 g/mol. The van der Waals surface area contributed by atoms with E-state index in [-0.39, 0.29) is 24.6 Å². The highest BCUT2D eigenvalue weighted by Crippen LogP contribution is 2.33. The minimum absolute atomic E-state index is 0.153. The smallest absolute Gasteiger partial charge is 0.354 e. The summed E-state index contributed by atoms with van der Waals surface area (Å²) in [5, 5.41) is 8.55. The lowest BCUT2D eigenvalue weighted by molar-refractivity contribution is -0.135. The maximum Gasteiger partial charge on any atom is 0.354 e. The van der Waals surface area contributed by atoms with Gasteiger partial charge < -0.3 is 4.74 Å². The Bertz CT molecular complexity index is 1100. The lowest BCUT2D eigenvalue weighted by atomic mass is 10.1. The van der Waals surface area contributed by atoms with E-state index in [1.807, 2.05) is 73.0 Å². The Morgan fingerprint density at radius 3 is 2.42 bits per heavy atom. The lowest BCUT2D eigenvalue weighted by Crippen LogP contribution is -2.43. The largest absolute Gasteiger partial charge is 0.461 e. The van der Waals surface area contributed by atoms with Crippen LogP contribution in [0.1, 0.15) is 19.0 Å². The molecule has 0 saturated heterocycles. The summed E-state index contributed by atoms with van der Waals surface area (Å²) < 4.78 is 5.14. The van der Waals surface area contributed by atoms with Crippen molar-refractivity contribution >= 4 is 45.4 Å². The first-order valence-corrected chi connectivity index (χ1v) is 10.9. The fourth-order valence-electron chi connectivity index (χ4n) is 3.36. The summed E-state index contributed by atoms with van der Waals surface area (Å²) in [7, 11) is 0. The molecule has 31 heavy (non-hydrogen) atoms. The third-order valence-electron chi connectivity index (χ3n) is 4.76. The summed E-state index contributed by atoms with van der Waals surface area (Å²) in [6.45, 7) is 3.88. The molecule has 4 rings (SSSR count). The van der Waals surface area contributed by atoms with Crippen molar-refractivity contribution in [1.82, 2.24) is 4.98 Å². The molecule has 1 unspecified atom stereocenters. The van der Waals surface area contributed by atoms with Gasteiger partial charge in [0, 0.05) is 11.8 Å². The molecule has 7 nitrogen and oxygen atoms in total. The second kappa shape index (κ2) is 9.09. The second-order valence-electron chi connectivity index (χ2n) is 6.95. The van der Waals surface area contributed by atoms with Gasteiger partial charge in [-0.25, -0.2) is 9.78 Å². The van der Waals surface area contributed by atoms with Crippen LogP contribution in [0.3, 0.4) is 0 Å². The van der Waals surface area contributed by atoms with E-state index < -0.39 is 12.0 Å². The highest BCUT2D eigenvalue weighted by Gasteiger charge is 2.40. The van der Waals surface area contributed by atoms with Gasteiger partial charge in [-0.3, -0.25) is 14.7 Å². The van der Waals surface area contributed by atoms with E-state index >= 15 is 0 Å². The number of hydrazone groups is 1. The Hall–Kier alpha value is -3.52. The number of ether oxygens (including phenoxy) is 1. The summed E-state index contributed by atoms with van der Waals surface area (Å²) >= 11 is 1.40. The third-order valence-corrected chi connectivity index (χ3v) is 5.70. The quantitative estimate of drug-likeness (QED) is 0.540. The molecule has 0 bridgehead atoms. The topological polar surface area (TPSA) is 75.1 Å². The third kappa shape index (κ3) is 4.34. The van der Waals surface area contributed by atoms with E-state index in [4.69, 9.17) is 4.74 Å². The second-order valence-corrected chi connectivity index (χ2v) is 7.78. The highest BCUT2D eigenvalue weighted by atomic mass is 32.1. The van der Waals surface area contributed by atoms with Crippen LogP contribution in [0.5, 0.6) is 0 Å². The van der Waals surface area contributed by atoms with E-state index in [0.717, 1.165) is 11.4 Å². The summed E-state index contributed by atoms with van der Waals surface area (Å²) in [4.78, 5) is 32.4. The molecule has 1 aliphatic heterocycles. The SMILES string of the molecule is CCOC(=O)C1=NN(c2ccccc2)C(C(=O)N(c2ccccc2)c2nc(C)cs2)C1. The molecule has 1 aliphatic rings. The first-order valence-electron chi connectivity index (χ1n) is 9.98. The van der Waals surface area contributed by atoms with E-state index in [0.29, 0.717) is 10.8 Å². The Morgan fingerprint density at radius 2 is 1.81 bits per heavy atom. The number of carbonyl (C=O) groups is 2. The summed E-state index contributed by atoms with van der Waals surface area (Å²) in [6.07, 6.45) is 0.153. The fraction of sp³-hybridized carbons (Fsp3) is 0.217. The van der Waals surface area contributed by atoms with E-state index in [2.05, 4.69) is 10.1 Å². The zero-order chi connectivity index (χ0) is 21.8. The average Bonchev–Trinajstić information content (AvgIpc) is 3.42. The zero-order valence-electron chi connectivity index (χ0n) is 17.3. The number of rotatable bonds is 6. The molecule has 0 spiro atoms. The molecule has 8 heteroatoms. The number of thiazole rings is 1. The Labute approximate surface area is 184 Å². The van der Waals surface area contributed by atoms with Crippen LogP contribution < -0.4 is 9.91 Å². The van der Waals surface area contributed by atoms with Gasteiger partial charge in [0.05, 0.1) is 23.7 Å². The summed E-state index contributed by atoms with van der Waals surface area (Å²) in [5.41, 5.74) is 2.50. The number of benzene rings is 2. The van der Waals surface area contributed by atoms with Crippen LogP contribution in [0.15, 0.2) is 71.1 Å². The standard InChI is InChI=1S/C23H22N4O3S/c1-3-30-22(29)19-14-20(27(25-19)18-12-8-5-9-13-18)21(28)26(17-10-6-4-7-11-17)23-24-16(2)15-31-23/h4-13,15,20H,3,14H2,1-2H3. The van der Waals surface area contributed by atoms with Crippen LogP contribution in [0.25, 0.3) is 0 Å². The number of aryl methyl sites for hydroxylation is 1. The zero-order valence-corrected chi connectivity index (χ0v) is 18.1. The molecule has 0 fully saturated rings. The number of aromatic nitrogens is 1. The monoisotopic (exact) mass is 434 g/mol. The number of anilines is 3. The van der Waals surface area contributed by atoms with E-state index in [1.54, 1.807) is 16.8 Å². The van der Waals surface area contributed by atoms with Crippen molar-refractivity contribution in [3.8, 4) is 0 Å². The van der Waals surface area contributed by atoms with Crippen LogP contribution in [0.2, 0.25) is 0 Å². The van der Waals surface area contributed by atoms with Crippen molar-refractivity contribution in [2.75, 3.05) is 16.5 Å². The van der Waals surface area contributed by atoms with Crippen molar-refractivity contribution in [2.24, 2.45) is 5.10 Å². The number of amides is 1. The normalized spacial score (nSPS) is 15.5. The molecule has 0 saturated carbocycles. The lowest BCUT2D eigenvalue weighted by Gasteiger charge is -2.28. The maximum absolute atomic E-state index is 13.9. The molecule has 0 N–H and O–H groups in total. The first-order chi connectivity index (χ1) is 15.1. The van der Waals surface area contributed by atoms with Crippen molar-refractivity contribution < 1.29 is 14.3 Å². The number of para-hydroxylation sites is 2. The van der Waals surface area contributed by atoms with Crippen molar-refractivity contribution in [3.05, 3.63) is 71.7 Å². The van der Waals surface area contributed by atoms with Gasteiger partial charge in [0.2, 0.25) is 0 Å². The van der Waals surface area contributed by atoms with Crippen LogP contribution in [-0.2, 0) is 14.3 Å².